The number of rotatable bonds is 1. The Balaban J connectivity index is 1.75. The van der Waals surface area contributed by atoms with Crippen LogP contribution in [0.2, 0.25) is 0 Å². The molecule has 0 bridgehead atoms. The average Bonchev–Trinajstić information content (AvgIpc) is 2.98. The van der Waals surface area contributed by atoms with Crippen LogP contribution >= 0.6 is 0 Å². The highest BCUT2D eigenvalue weighted by Gasteiger charge is 2.12. The highest BCUT2D eigenvalue weighted by molar-refractivity contribution is 5.33. The Hall–Kier alpha value is -2.15. The summed E-state index contributed by atoms with van der Waals surface area (Å²) >= 11 is 0. The van der Waals surface area contributed by atoms with Gasteiger partial charge in [-0.3, -0.25) is 0 Å². The molecule has 1 aliphatic rings. The Morgan fingerprint density at radius 3 is 3.18 bits per heavy atom. The Bertz CT molecular complexity index is 575. The highest BCUT2D eigenvalue weighted by atomic mass is 15.1. The number of hydrogen-bond acceptors (Lipinski definition) is 3. The molecule has 2 aromatic heterocycles. The van der Waals surface area contributed by atoms with E-state index in [1.165, 1.54) is 12.0 Å². The van der Waals surface area contributed by atoms with Gasteiger partial charge in [0.15, 0.2) is 0 Å². The second kappa shape index (κ2) is 4.38. The molecule has 0 aromatic carbocycles. The summed E-state index contributed by atoms with van der Waals surface area (Å²) in [5.41, 5.74) is 3.22. The molecule has 0 amide bonds. The monoisotopic (exact) mass is 224 g/mol. The summed E-state index contributed by atoms with van der Waals surface area (Å²) in [6, 6.07) is 2.07. The van der Waals surface area contributed by atoms with Crippen molar-refractivity contribution in [3.05, 3.63) is 41.7 Å². The van der Waals surface area contributed by atoms with Crippen LogP contribution in [0, 0.1) is 11.8 Å². The summed E-state index contributed by atoms with van der Waals surface area (Å²) in [5, 5.41) is 8.32. The first-order valence-corrected chi connectivity index (χ1v) is 5.72. The number of hydrogen-bond donors (Lipinski definition) is 0. The van der Waals surface area contributed by atoms with Crippen molar-refractivity contribution in [3.8, 4) is 11.8 Å². The van der Waals surface area contributed by atoms with E-state index >= 15 is 0 Å². The SMILES string of the molecule is C(#Cc1cc2c(nn1)CCC2)Cn1ccnc1. The molecule has 0 saturated heterocycles. The molecule has 0 atom stereocenters. The van der Waals surface area contributed by atoms with Gasteiger partial charge in [-0.15, -0.1) is 5.10 Å². The molecule has 0 aliphatic heterocycles. The average molecular weight is 224 g/mol. The molecule has 84 valence electrons. The minimum absolute atomic E-state index is 0.638. The Morgan fingerprint density at radius 2 is 2.29 bits per heavy atom. The maximum atomic E-state index is 4.20. The zero-order valence-corrected chi connectivity index (χ0v) is 9.43. The van der Waals surface area contributed by atoms with Gasteiger partial charge in [-0.25, -0.2) is 4.98 Å². The summed E-state index contributed by atoms with van der Waals surface area (Å²) in [6.07, 6.45) is 8.76. The fraction of sp³-hybridized carbons (Fsp3) is 0.308. The van der Waals surface area contributed by atoms with Gasteiger partial charge in [0.2, 0.25) is 0 Å². The lowest BCUT2D eigenvalue weighted by Crippen LogP contribution is -1.95. The van der Waals surface area contributed by atoms with Gasteiger partial charge in [0, 0.05) is 12.4 Å². The summed E-state index contributed by atoms with van der Waals surface area (Å²) in [4.78, 5) is 3.96. The molecule has 4 nitrogen and oxygen atoms in total. The van der Waals surface area contributed by atoms with Crippen LogP contribution in [0.4, 0.5) is 0 Å². The molecular weight excluding hydrogens is 212 g/mol. The van der Waals surface area contributed by atoms with Crippen LogP contribution in [0.25, 0.3) is 0 Å². The van der Waals surface area contributed by atoms with Gasteiger partial charge in [-0.2, -0.15) is 5.10 Å². The van der Waals surface area contributed by atoms with Crippen LogP contribution in [-0.4, -0.2) is 19.7 Å². The van der Waals surface area contributed by atoms with Crippen molar-refractivity contribution in [2.45, 2.75) is 25.8 Å². The predicted molar refractivity (Wildman–Crippen MR) is 63.2 cm³/mol. The topological polar surface area (TPSA) is 43.6 Å². The smallest absolute Gasteiger partial charge is 0.136 e. The van der Waals surface area contributed by atoms with Crippen molar-refractivity contribution in [1.29, 1.82) is 0 Å². The summed E-state index contributed by atoms with van der Waals surface area (Å²) < 4.78 is 1.92. The maximum absolute atomic E-state index is 4.20. The van der Waals surface area contributed by atoms with Crippen LogP contribution < -0.4 is 0 Å². The van der Waals surface area contributed by atoms with Crippen molar-refractivity contribution in [2.75, 3.05) is 0 Å². The van der Waals surface area contributed by atoms with Crippen molar-refractivity contribution in [3.63, 3.8) is 0 Å². The second-order valence-electron chi connectivity index (χ2n) is 4.09. The van der Waals surface area contributed by atoms with Gasteiger partial charge in [-0.1, -0.05) is 5.92 Å². The summed E-state index contributed by atoms with van der Waals surface area (Å²) in [7, 11) is 0. The lowest BCUT2D eigenvalue weighted by molar-refractivity contribution is 0.839. The Morgan fingerprint density at radius 1 is 1.29 bits per heavy atom. The van der Waals surface area contributed by atoms with E-state index in [1.807, 2.05) is 10.8 Å². The molecule has 1 aliphatic carbocycles. The van der Waals surface area contributed by atoms with Gasteiger partial charge in [0.1, 0.15) is 5.69 Å². The third-order valence-electron chi connectivity index (χ3n) is 2.86. The highest BCUT2D eigenvalue weighted by Crippen LogP contribution is 2.18. The minimum Gasteiger partial charge on any atom is -0.326 e. The number of imidazole rings is 1. The fourth-order valence-electron chi connectivity index (χ4n) is 1.99. The fourth-order valence-corrected chi connectivity index (χ4v) is 1.99. The lowest BCUT2D eigenvalue weighted by atomic mass is 10.2. The molecule has 2 heterocycles. The van der Waals surface area contributed by atoms with E-state index < -0.39 is 0 Å². The van der Waals surface area contributed by atoms with Crippen LogP contribution in [0.1, 0.15) is 23.4 Å². The van der Waals surface area contributed by atoms with E-state index in [0.717, 1.165) is 24.2 Å². The number of aryl methyl sites for hydroxylation is 2. The molecule has 3 rings (SSSR count). The first kappa shape index (κ1) is 10.0. The van der Waals surface area contributed by atoms with Crippen LogP contribution in [0.15, 0.2) is 24.8 Å². The van der Waals surface area contributed by atoms with Gasteiger partial charge < -0.3 is 4.57 Å². The molecule has 17 heavy (non-hydrogen) atoms. The van der Waals surface area contributed by atoms with E-state index in [4.69, 9.17) is 0 Å². The van der Waals surface area contributed by atoms with E-state index in [9.17, 15) is 0 Å². The standard InChI is InChI=1S/C13H12N4/c1-3-11-9-12(15-16-13(11)5-1)4-2-7-17-8-6-14-10-17/h6,8-10H,1,3,5,7H2. The number of aromatic nitrogens is 4. The Labute approximate surface area is 99.7 Å². The van der Waals surface area contributed by atoms with Crippen LogP contribution in [0.5, 0.6) is 0 Å². The van der Waals surface area contributed by atoms with Crippen molar-refractivity contribution < 1.29 is 0 Å². The van der Waals surface area contributed by atoms with E-state index in [0.29, 0.717) is 6.54 Å². The summed E-state index contributed by atoms with van der Waals surface area (Å²) in [6.45, 7) is 0.638. The molecule has 0 saturated carbocycles. The van der Waals surface area contributed by atoms with Crippen molar-refractivity contribution in [1.82, 2.24) is 19.7 Å². The zero-order chi connectivity index (χ0) is 11.5. The molecule has 0 radical (unpaired) electrons. The van der Waals surface area contributed by atoms with Crippen LogP contribution in [-0.2, 0) is 19.4 Å². The molecular formula is C13H12N4. The van der Waals surface area contributed by atoms with Gasteiger partial charge in [0.25, 0.3) is 0 Å². The molecule has 0 spiro atoms. The molecule has 4 heteroatoms. The van der Waals surface area contributed by atoms with E-state index in [2.05, 4.69) is 33.1 Å². The number of fused-ring (bicyclic) bond motifs is 1. The molecule has 0 fully saturated rings. The third-order valence-corrected chi connectivity index (χ3v) is 2.86. The van der Waals surface area contributed by atoms with E-state index in [1.54, 1.807) is 12.5 Å². The minimum atomic E-state index is 0.638. The maximum Gasteiger partial charge on any atom is 0.136 e. The van der Waals surface area contributed by atoms with Gasteiger partial charge in [0.05, 0.1) is 18.6 Å². The van der Waals surface area contributed by atoms with Gasteiger partial charge >= 0.3 is 0 Å². The second-order valence-corrected chi connectivity index (χ2v) is 4.09. The van der Waals surface area contributed by atoms with E-state index in [-0.39, 0.29) is 0 Å². The first-order chi connectivity index (χ1) is 8.42. The first-order valence-electron chi connectivity index (χ1n) is 5.72. The number of nitrogens with zero attached hydrogens (tertiary/aromatic N) is 4. The van der Waals surface area contributed by atoms with Gasteiger partial charge in [-0.05, 0) is 36.8 Å². The van der Waals surface area contributed by atoms with Crippen molar-refractivity contribution >= 4 is 0 Å². The normalized spacial score (nSPS) is 12.9. The lowest BCUT2D eigenvalue weighted by Gasteiger charge is -1.96. The predicted octanol–water partition coefficient (Wildman–Crippen LogP) is 1.21. The summed E-state index contributed by atoms with van der Waals surface area (Å²) in [5.74, 6) is 6.11. The Kier molecular flexibility index (Phi) is 2.59. The molecule has 2 aromatic rings. The molecule has 0 unspecified atom stereocenters. The van der Waals surface area contributed by atoms with Crippen molar-refractivity contribution in [2.24, 2.45) is 0 Å². The third kappa shape index (κ3) is 2.18. The largest absolute Gasteiger partial charge is 0.326 e. The molecule has 0 N–H and O–H groups in total. The zero-order valence-electron chi connectivity index (χ0n) is 9.43. The van der Waals surface area contributed by atoms with Crippen LogP contribution in [0.3, 0.4) is 0 Å². The quantitative estimate of drug-likeness (QED) is 0.684.